The third kappa shape index (κ3) is 3.24. The minimum atomic E-state index is -0.507. The fourth-order valence-electron chi connectivity index (χ4n) is 6.20. The number of hydrogen-bond acceptors (Lipinski definition) is 4. The Kier molecular flexibility index (Phi) is 5.70. The number of rotatable bonds is 4. The SMILES string of the molecule is C/C=C/c1ccc2n(c1=O)C[C@H]1[C@H](CO)[C@@H](C(=O)N3CCCCC3)[C@@H]2N1C(=O)C1CCC1. The molecule has 1 aliphatic carbocycles. The van der Waals surface area contributed by atoms with E-state index < -0.39 is 12.0 Å². The highest BCUT2D eigenvalue weighted by atomic mass is 16.3. The smallest absolute Gasteiger partial charge is 0.258 e. The maximum absolute atomic E-state index is 13.8. The van der Waals surface area contributed by atoms with Crippen molar-refractivity contribution in [3.63, 3.8) is 0 Å². The quantitative estimate of drug-likeness (QED) is 0.780. The predicted molar refractivity (Wildman–Crippen MR) is 121 cm³/mol. The maximum Gasteiger partial charge on any atom is 0.258 e. The molecular weight excluding hydrogens is 406 g/mol. The first-order valence-electron chi connectivity index (χ1n) is 12.1. The van der Waals surface area contributed by atoms with Crippen molar-refractivity contribution in [2.75, 3.05) is 19.7 Å². The van der Waals surface area contributed by atoms with Crippen LogP contribution in [0.2, 0.25) is 0 Å². The number of carbonyl (C=O) groups is 2. The van der Waals surface area contributed by atoms with Gasteiger partial charge in [-0.3, -0.25) is 14.4 Å². The molecule has 0 spiro atoms. The number of aliphatic hydroxyl groups excluding tert-OH is 1. The highest BCUT2D eigenvalue weighted by molar-refractivity contribution is 5.86. The van der Waals surface area contributed by atoms with Crippen molar-refractivity contribution in [1.29, 1.82) is 0 Å². The predicted octanol–water partition coefficient (Wildman–Crippen LogP) is 2.18. The molecule has 1 N–H and O–H groups in total. The normalized spacial score (nSPS) is 29.8. The molecular formula is C25H33N3O4. The molecule has 1 saturated carbocycles. The Morgan fingerprint density at radius 2 is 1.84 bits per heavy atom. The van der Waals surface area contributed by atoms with Crippen LogP contribution in [0.3, 0.4) is 0 Å². The number of carbonyl (C=O) groups excluding carboxylic acids is 2. The number of allylic oxidation sites excluding steroid dienone is 1. The first-order chi connectivity index (χ1) is 15.6. The van der Waals surface area contributed by atoms with Crippen LogP contribution >= 0.6 is 0 Å². The summed E-state index contributed by atoms with van der Waals surface area (Å²) in [6.07, 6.45) is 9.57. The number of hydrogen-bond donors (Lipinski definition) is 1. The van der Waals surface area contributed by atoms with E-state index in [1.807, 2.05) is 28.9 Å². The molecule has 7 nitrogen and oxygen atoms in total. The second-order valence-electron chi connectivity index (χ2n) is 9.77. The molecule has 32 heavy (non-hydrogen) atoms. The Hall–Kier alpha value is -2.41. The molecule has 1 aromatic rings. The van der Waals surface area contributed by atoms with Gasteiger partial charge in [-0.15, -0.1) is 0 Å². The second kappa shape index (κ2) is 8.50. The minimum Gasteiger partial charge on any atom is -0.396 e. The number of pyridine rings is 1. The van der Waals surface area contributed by atoms with Crippen LogP contribution in [0, 0.1) is 17.8 Å². The van der Waals surface area contributed by atoms with Gasteiger partial charge in [-0.25, -0.2) is 0 Å². The largest absolute Gasteiger partial charge is 0.396 e. The molecule has 2 saturated heterocycles. The Morgan fingerprint density at radius 1 is 1.09 bits per heavy atom. The van der Waals surface area contributed by atoms with Crippen LogP contribution in [0.15, 0.2) is 23.0 Å². The molecule has 3 aliphatic heterocycles. The summed E-state index contributed by atoms with van der Waals surface area (Å²) in [4.78, 5) is 44.3. The zero-order valence-corrected chi connectivity index (χ0v) is 18.8. The third-order valence-corrected chi connectivity index (χ3v) is 8.08. The number of nitrogens with zero attached hydrogens (tertiary/aromatic N) is 3. The van der Waals surface area contributed by atoms with E-state index in [0.29, 0.717) is 12.1 Å². The van der Waals surface area contributed by atoms with Crippen molar-refractivity contribution in [1.82, 2.24) is 14.4 Å². The van der Waals surface area contributed by atoms with Gasteiger partial charge in [-0.05, 0) is 51.2 Å². The maximum atomic E-state index is 13.8. The van der Waals surface area contributed by atoms with E-state index in [9.17, 15) is 19.5 Å². The van der Waals surface area contributed by atoms with E-state index in [4.69, 9.17) is 0 Å². The number of aromatic nitrogens is 1. The Morgan fingerprint density at radius 3 is 2.47 bits per heavy atom. The lowest BCUT2D eigenvalue weighted by molar-refractivity contribution is -0.144. The summed E-state index contributed by atoms with van der Waals surface area (Å²) in [5.74, 6) is -0.740. The summed E-state index contributed by atoms with van der Waals surface area (Å²) in [7, 11) is 0. The van der Waals surface area contributed by atoms with Gasteiger partial charge in [-0.2, -0.15) is 0 Å². The van der Waals surface area contributed by atoms with Gasteiger partial charge < -0.3 is 19.5 Å². The van der Waals surface area contributed by atoms with Crippen molar-refractivity contribution >= 4 is 17.9 Å². The van der Waals surface area contributed by atoms with Crippen LogP contribution in [-0.4, -0.2) is 57.0 Å². The van der Waals surface area contributed by atoms with Gasteiger partial charge in [0.15, 0.2) is 0 Å². The number of piperidine rings is 1. The van der Waals surface area contributed by atoms with Gasteiger partial charge >= 0.3 is 0 Å². The summed E-state index contributed by atoms with van der Waals surface area (Å²) in [5.41, 5.74) is 1.25. The fourth-order valence-corrected chi connectivity index (χ4v) is 6.20. The zero-order chi connectivity index (χ0) is 22.4. The Balaban J connectivity index is 1.61. The van der Waals surface area contributed by atoms with E-state index in [1.54, 1.807) is 16.7 Å². The average Bonchev–Trinajstić information content (AvgIpc) is 3.01. The van der Waals surface area contributed by atoms with Gasteiger partial charge in [0.05, 0.1) is 18.0 Å². The van der Waals surface area contributed by atoms with Crippen LogP contribution < -0.4 is 5.56 Å². The summed E-state index contributed by atoms with van der Waals surface area (Å²) >= 11 is 0. The van der Waals surface area contributed by atoms with Crippen molar-refractivity contribution in [3.05, 3.63) is 39.8 Å². The summed E-state index contributed by atoms with van der Waals surface area (Å²) in [6, 6.07) is 2.90. The molecule has 5 rings (SSSR count). The first-order valence-corrected chi connectivity index (χ1v) is 12.1. The van der Waals surface area contributed by atoms with Gasteiger partial charge in [-0.1, -0.05) is 18.6 Å². The van der Waals surface area contributed by atoms with Gasteiger partial charge in [0.2, 0.25) is 11.8 Å². The molecule has 0 unspecified atom stereocenters. The topological polar surface area (TPSA) is 82.8 Å². The Labute approximate surface area is 188 Å². The van der Waals surface area contributed by atoms with Crippen molar-refractivity contribution in [2.24, 2.45) is 17.8 Å². The number of aliphatic hydroxyl groups is 1. The summed E-state index contributed by atoms with van der Waals surface area (Å²) < 4.78 is 1.75. The molecule has 4 aliphatic rings. The van der Waals surface area contributed by atoms with E-state index >= 15 is 0 Å². The molecule has 1 aromatic heterocycles. The van der Waals surface area contributed by atoms with Crippen molar-refractivity contribution < 1.29 is 14.7 Å². The molecule has 4 atom stereocenters. The number of fused-ring (bicyclic) bond motifs is 4. The highest BCUT2D eigenvalue weighted by Crippen LogP contribution is 2.50. The monoisotopic (exact) mass is 439 g/mol. The lowest BCUT2D eigenvalue weighted by Gasteiger charge is -2.42. The lowest BCUT2D eigenvalue weighted by Crippen LogP contribution is -2.52. The molecule has 0 aromatic carbocycles. The minimum absolute atomic E-state index is 0.00347. The molecule has 4 heterocycles. The molecule has 2 bridgehead atoms. The van der Waals surface area contributed by atoms with E-state index in [-0.39, 0.29) is 41.9 Å². The van der Waals surface area contributed by atoms with Crippen LogP contribution in [0.4, 0.5) is 0 Å². The van der Waals surface area contributed by atoms with E-state index in [2.05, 4.69) is 0 Å². The first kappa shape index (κ1) is 21.4. The van der Waals surface area contributed by atoms with E-state index in [0.717, 1.165) is 57.3 Å². The molecule has 2 amide bonds. The summed E-state index contributed by atoms with van der Waals surface area (Å²) in [6.45, 7) is 3.51. The van der Waals surface area contributed by atoms with Gasteiger partial charge in [0.1, 0.15) is 0 Å². The van der Waals surface area contributed by atoms with E-state index in [1.165, 1.54) is 0 Å². The third-order valence-electron chi connectivity index (χ3n) is 8.08. The van der Waals surface area contributed by atoms with Crippen LogP contribution in [0.25, 0.3) is 6.08 Å². The van der Waals surface area contributed by atoms with Crippen LogP contribution in [0.5, 0.6) is 0 Å². The molecule has 172 valence electrons. The number of likely N-dealkylation sites (tertiary alicyclic amines) is 1. The van der Waals surface area contributed by atoms with Crippen LogP contribution in [0.1, 0.15) is 62.7 Å². The highest BCUT2D eigenvalue weighted by Gasteiger charge is 2.58. The van der Waals surface area contributed by atoms with Crippen molar-refractivity contribution in [3.8, 4) is 0 Å². The average molecular weight is 440 g/mol. The number of amides is 2. The lowest BCUT2D eigenvalue weighted by atomic mass is 9.83. The second-order valence-corrected chi connectivity index (χ2v) is 9.77. The fraction of sp³-hybridized carbons (Fsp3) is 0.640. The molecule has 3 fully saturated rings. The van der Waals surface area contributed by atoms with Crippen molar-refractivity contribution in [2.45, 2.75) is 64.1 Å². The Bertz CT molecular complexity index is 989. The molecule has 0 radical (unpaired) electrons. The van der Waals surface area contributed by atoms with Crippen LogP contribution in [-0.2, 0) is 16.1 Å². The standard InChI is InChI=1S/C25H33N3O4/c1-2-7-16-10-11-19-22-21(25(32)26-12-4-3-5-13-26)18(15-29)20(14-27(19)23(16)30)28(22)24(31)17-8-6-9-17/h2,7,10-11,17-18,20-22,29H,3-6,8-9,12-15H2,1H3/b7-2+/t18-,20-,21+,22+/m0/s1. The van der Waals surface area contributed by atoms with Gasteiger partial charge in [0, 0.05) is 49.3 Å². The summed E-state index contributed by atoms with van der Waals surface area (Å²) in [5, 5.41) is 10.4. The zero-order valence-electron chi connectivity index (χ0n) is 18.8. The van der Waals surface area contributed by atoms with Gasteiger partial charge in [0.25, 0.3) is 5.56 Å². The molecule has 7 heteroatoms.